The second-order valence-electron chi connectivity index (χ2n) is 6.02. The Bertz CT molecular complexity index is 273. The number of carbonyl (C=O) groups excluding carboxylic acids is 1. The summed E-state index contributed by atoms with van der Waals surface area (Å²) >= 11 is 0. The second kappa shape index (κ2) is 4.97. The molecule has 0 aromatic rings. The van der Waals surface area contributed by atoms with Crippen LogP contribution in [0.15, 0.2) is 0 Å². The molecular weight excluding hydrogens is 216 g/mol. The molecule has 1 aliphatic heterocycles. The summed E-state index contributed by atoms with van der Waals surface area (Å²) < 4.78 is 10.6. The molecule has 0 bridgehead atoms. The molecule has 0 amide bonds. The molecule has 3 atom stereocenters. The van der Waals surface area contributed by atoms with Crippen molar-refractivity contribution in [3.05, 3.63) is 0 Å². The van der Waals surface area contributed by atoms with Crippen LogP contribution in [0.1, 0.15) is 46.5 Å². The third-order valence-electron chi connectivity index (χ3n) is 4.13. The zero-order chi connectivity index (χ0) is 12.5. The number of rotatable bonds is 4. The van der Waals surface area contributed by atoms with Crippen molar-refractivity contribution >= 4 is 5.97 Å². The summed E-state index contributed by atoms with van der Waals surface area (Å²) in [5, 5.41) is 0. The molecular formula is C14H24O3. The van der Waals surface area contributed by atoms with Gasteiger partial charge in [0.1, 0.15) is 0 Å². The number of esters is 1. The monoisotopic (exact) mass is 240 g/mol. The van der Waals surface area contributed by atoms with Crippen LogP contribution in [0, 0.1) is 17.3 Å². The van der Waals surface area contributed by atoms with Gasteiger partial charge in [0, 0.05) is 5.41 Å². The van der Waals surface area contributed by atoms with Gasteiger partial charge in [-0.15, -0.1) is 0 Å². The van der Waals surface area contributed by atoms with Crippen LogP contribution in [0.5, 0.6) is 0 Å². The van der Waals surface area contributed by atoms with Crippen LogP contribution >= 0.6 is 0 Å². The molecule has 0 radical (unpaired) electrons. The van der Waals surface area contributed by atoms with Gasteiger partial charge in [0.15, 0.2) is 0 Å². The minimum Gasteiger partial charge on any atom is -0.466 e. The van der Waals surface area contributed by atoms with Crippen LogP contribution in [0.4, 0.5) is 0 Å². The van der Waals surface area contributed by atoms with Crippen molar-refractivity contribution in [2.75, 3.05) is 13.2 Å². The smallest absolute Gasteiger partial charge is 0.306 e. The van der Waals surface area contributed by atoms with Crippen LogP contribution in [-0.4, -0.2) is 25.3 Å². The molecule has 98 valence electrons. The third kappa shape index (κ3) is 3.01. The molecule has 3 nitrogen and oxygen atoms in total. The molecule has 1 saturated heterocycles. The minimum absolute atomic E-state index is 0.0516. The highest BCUT2D eigenvalue weighted by Crippen LogP contribution is 2.51. The number of hydrogen-bond acceptors (Lipinski definition) is 3. The Morgan fingerprint density at radius 1 is 1.35 bits per heavy atom. The topological polar surface area (TPSA) is 38.8 Å². The fourth-order valence-corrected chi connectivity index (χ4v) is 3.75. The van der Waals surface area contributed by atoms with E-state index < -0.39 is 0 Å². The Morgan fingerprint density at radius 2 is 1.94 bits per heavy atom. The fourth-order valence-electron chi connectivity index (χ4n) is 3.75. The molecule has 3 unspecified atom stereocenters. The minimum atomic E-state index is -0.0516. The van der Waals surface area contributed by atoms with Crippen molar-refractivity contribution in [1.82, 2.24) is 0 Å². The Balaban J connectivity index is 2.06. The normalized spacial score (nSPS) is 41.0. The van der Waals surface area contributed by atoms with Crippen LogP contribution in [0.25, 0.3) is 0 Å². The van der Waals surface area contributed by atoms with Crippen molar-refractivity contribution < 1.29 is 14.3 Å². The van der Waals surface area contributed by atoms with Crippen LogP contribution < -0.4 is 0 Å². The summed E-state index contributed by atoms with van der Waals surface area (Å²) in [6.07, 6.45) is 4.34. The standard InChI is InChI=1S/C14H24O3/c1-4-16-13(15)8-14(12-9-17-12)6-10(2)5-11(3)7-14/h10-12H,4-9H2,1-3H3. The third-order valence-corrected chi connectivity index (χ3v) is 4.13. The van der Waals surface area contributed by atoms with E-state index >= 15 is 0 Å². The highest BCUT2D eigenvalue weighted by atomic mass is 16.6. The highest BCUT2D eigenvalue weighted by molar-refractivity contribution is 5.70. The predicted molar refractivity (Wildman–Crippen MR) is 65.6 cm³/mol. The maximum atomic E-state index is 11.8. The van der Waals surface area contributed by atoms with Crippen molar-refractivity contribution in [1.29, 1.82) is 0 Å². The predicted octanol–water partition coefficient (Wildman–Crippen LogP) is 2.78. The SMILES string of the molecule is CCOC(=O)CC1(C2CO2)CC(C)CC(C)C1. The average molecular weight is 240 g/mol. The summed E-state index contributed by atoms with van der Waals surface area (Å²) in [7, 11) is 0. The van der Waals surface area contributed by atoms with Gasteiger partial charge in [-0.3, -0.25) is 4.79 Å². The van der Waals surface area contributed by atoms with Crippen LogP contribution in [0.2, 0.25) is 0 Å². The lowest BCUT2D eigenvalue weighted by Gasteiger charge is -2.41. The zero-order valence-electron chi connectivity index (χ0n) is 11.2. The van der Waals surface area contributed by atoms with E-state index in [1.807, 2.05) is 6.92 Å². The first-order valence-electron chi connectivity index (χ1n) is 6.83. The molecule has 0 aromatic heterocycles. The Labute approximate surface area is 104 Å². The Hall–Kier alpha value is -0.570. The van der Waals surface area contributed by atoms with E-state index in [1.165, 1.54) is 6.42 Å². The quantitative estimate of drug-likeness (QED) is 0.560. The Morgan fingerprint density at radius 3 is 2.41 bits per heavy atom. The van der Waals surface area contributed by atoms with Gasteiger partial charge in [-0.2, -0.15) is 0 Å². The van der Waals surface area contributed by atoms with Crippen LogP contribution in [-0.2, 0) is 14.3 Å². The van der Waals surface area contributed by atoms with Crippen LogP contribution in [0.3, 0.4) is 0 Å². The fraction of sp³-hybridized carbons (Fsp3) is 0.929. The van der Waals surface area contributed by atoms with E-state index in [0.29, 0.717) is 31.0 Å². The van der Waals surface area contributed by atoms with Gasteiger partial charge in [-0.25, -0.2) is 0 Å². The van der Waals surface area contributed by atoms with E-state index in [4.69, 9.17) is 9.47 Å². The largest absolute Gasteiger partial charge is 0.466 e. The number of carbonyl (C=O) groups is 1. The first-order chi connectivity index (χ1) is 8.05. The average Bonchev–Trinajstić information content (AvgIpc) is 2.98. The number of epoxide rings is 1. The second-order valence-corrected chi connectivity index (χ2v) is 6.02. The molecule has 0 spiro atoms. The maximum absolute atomic E-state index is 11.8. The van der Waals surface area contributed by atoms with Gasteiger partial charge >= 0.3 is 5.97 Å². The zero-order valence-corrected chi connectivity index (χ0v) is 11.2. The van der Waals surface area contributed by atoms with E-state index in [0.717, 1.165) is 19.4 Å². The molecule has 2 fully saturated rings. The molecule has 1 heterocycles. The first-order valence-corrected chi connectivity index (χ1v) is 6.83. The van der Waals surface area contributed by atoms with Crippen molar-refractivity contribution in [3.63, 3.8) is 0 Å². The van der Waals surface area contributed by atoms with Crippen molar-refractivity contribution in [2.24, 2.45) is 17.3 Å². The van der Waals surface area contributed by atoms with Gasteiger partial charge in [0.25, 0.3) is 0 Å². The summed E-state index contributed by atoms with van der Waals surface area (Å²) in [6.45, 7) is 7.75. The molecule has 0 aromatic carbocycles. The van der Waals surface area contributed by atoms with Gasteiger partial charge < -0.3 is 9.47 Å². The van der Waals surface area contributed by atoms with E-state index in [-0.39, 0.29) is 11.4 Å². The molecule has 3 heteroatoms. The summed E-state index contributed by atoms with van der Waals surface area (Å²) in [5.74, 6) is 1.33. The molecule has 1 aliphatic carbocycles. The molecule has 1 saturated carbocycles. The van der Waals surface area contributed by atoms with Gasteiger partial charge in [0.2, 0.25) is 0 Å². The molecule has 0 N–H and O–H groups in total. The summed E-state index contributed by atoms with van der Waals surface area (Å²) in [4.78, 5) is 11.8. The molecule has 2 aliphatic rings. The maximum Gasteiger partial charge on any atom is 0.306 e. The van der Waals surface area contributed by atoms with Gasteiger partial charge in [-0.05, 0) is 38.0 Å². The van der Waals surface area contributed by atoms with Gasteiger partial charge in [-0.1, -0.05) is 13.8 Å². The number of ether oxygens (including phenoxy) is 2. The molecule has 2 rings (SSSR count). The lowest BCUT2D eigenvalue weighted by Crippen LogP contribution is -2.38. The Kier molecular flexibility index (Phi) is 3.76. The highest BCUT2D eigenvalue weighted by Gasteiger charge is 2.51. The van der Waals surface area contributed by atoms with Crippen molar-refractivity contribution in [3.8, 4) is 0 Å². The number of hydrogen-bond donors (Lipinski definition) is 0. The first kappa shape index (κ1) is 12.9. The van der Waals surface area contributed by atoms with E-state index in [9.17, 15) is 4.79 Å². The van der Waals surface area contributed by atoms with Crippen molar-refractivity contribution in [2.45, 2.75) is 52.6 Å². The van der Waals surface area contributed by atoms with E-state index in [2.05, 4.69) is 13.8 Å². The summed E-state index contributed by atoms with van der Waals surface area (Å²) in [5.41, 5.74) is 0.0589. The summed E-state index contributed by atoms with van der Waals surface area (Å²) in [6, 6.07) is 0. The van der Waals surface area contributed by atoms with Gasteiger partial charge in [0.05, 0.1) is 25.7 Å². The lowest BCUT2D eigenvalue weighted by molar-refractivity contribution is -0.147. The lowest BCUT2D eigenvalue weighted by atomic mass is 9.63. The molecule has 17 heavy (non-hydrogen) atoms. The van der Waals surface area contributed by atoms with E-state index in [1.54, 1.807) is 0 Å².